The predicted octanol–water partition coefficient (Wildman–Crippen LogP) is 2.81. The van der Waals surface area contributed by atoms with Crippen molar-refractivity contribution in [2.24, 2.45) is 0 Å². The fraction of sp³-hybridized carbons (Fsp3) is 0.400. The van der Waals surface area contributed by atoms with E-state index in [4.69, 9.17) is 4.74 Å². The lowest BCUT2D eigenvalue weighted by Crippen LogP contribution is -2.40. The SMILES string of the molecule is FC(F)Sc1ccc(NC2COC2)cc1. The van der Waals surface area contributed by atoms with E-state index in [9.17, 15) is 8.78 Å². The highest BCUT2D eigenvalue weighted by Crippen LogP contribution is 2.26. The molecule has 1 fully saturated rings. The summed E-state index contributed by atoms with van der Waals surface area (Å²) in [6, 6.07) is 7.36. The van der Waals surface area contributed by atoms with Gasteiger partial charge in [0.25, 0.3) is 5.76 Å². The highest BCUT2D eigenvalue weighted by atomic mass is 32.2. The molecule has 1 N–H and O–H groups in total. The van der Waals surface area contributed by atoms with E-state index in [-0.39, 0.29) is 0 Å². The Morgan fingerprint density at radius 2 is 1.93 bits per heavy atom. The molecule has 82 valence electrons. The van der Waals surface area contributed by atoms with Gasteiger partial charge in [-0.15, -0.1) is 0 Å². The van der Waals surface area contributed by atoms with Gasteiger partial charge in [0, 0.05) is 10.6 Å². The fourth-order valence-corrected chi connectivity index (χ4v) is 1.79. The third-order valence-corrected chi connectivity index (χ3v) is 2.81. The lowest BCUT2D eigenvalue weighted by molar-refractivity contribution is 0.0211. The summed E-state index contributed by atoms with van der Waals surface area (Å²) in [6.45, 7) is 1.43. The molecule has 1 saturated heterocycles. The Morgan fingerprint density at radius 3 is 2.40 bits per heavy atom. The third-order valence-electron chi connectivity index (χ3n) is 2.09. The van der Waals surface area contributed by atoms with Crippen LogP contribution in [0.1, 0.15) is 0 Å². The molecular formula is C10H11F2NOS. The first kappa shape index (κ1) is 10.7. The lowest BCUT2D eigenvalue weighted by Gasteiger charge is -2.27. The van der Waals surface area contributed by atoms with E-state index in [1.807, 2.05) is 12.1 Å². The van der Waals surface area contributed by atoms with Crippen LogP contribution in [0, 0.1) is 0 Å². The van der Waals surface area contributed by atoms with E-state index in [2.05, 4.69) is 5.32 Å². The Hall–Kier alpha value is -0.810. The molecule has 1 aliphatic rings. The van der Waals surface area contributed by atoms with Gasteiger partial charge in [-0.05, 0) is 24.3 Å². The molecule has 0 unspecified atom stereocenters. The van der Waals surface area contributed by atoms with Crippen LogP contribution in [0.2, 0.25) is 0 Å². The fourth-order valence-electron chi connectivity index (χ4n) is 1.29. The monoisotopic (exact) mass is 231 g/mol. The molecule has 0 saturated carbocycles. The van der Waals surface area contributed by atoms with Gasteiger partial charge in [0.1, 0.15) is 0 Å². The molecule has 1 aromatic carbocycles. The Labute approximate surface area is 91.0 Å². The number of ether oxygens (including phenoxy) is 1. The molecule has 0 aromatic heterocycles. The standard InChI is InChI=1S/C10H11F2NOS/c11-10(12)15-9-3-1-7(2-4-9)13-8-5-14-6-8/h1-4,8,10,13H,5-6H2. The van der Waals surface area contributed by atoms with Gasteiger partial charge in [0.2, 0.25) is 0 Å². The minimum Gasteiger partial charge on any atom is -0.378 e. The Morgan fingerprint density at radius 1 is 1.27 bits per heavy atom. The van der Waals surface area contributed by atoms with Crippen LogP contribution in [-0.2, 0) is 4.74 Å². The highest BCUT2D eigenvalue weighted by molar-refractivity contribution is 7.99. The van der Waals surface area contributed by atoms with E-state index >= 15 is 0 Å². The molecule has 0 amide bonds. The Balaban J connectivity index is 1.91. The molecule has 1 aromatic rings. The van der Waals surface area contributed by atoms with Gasteiger partial charge in [0.05, 0.1) is 19.3 Å². The van der Waals surface area contributed by atoms with Crippen LogP contribution in [0.25, 0.3) is 0 Å². The van der Waals surface area contributed by atoms with Crippen molar-refractivity contribution < 1.29 is 13.5 Å². The first-order valence-electron chi connectivity index (χ1n) is 4.63. The van der Waals surface area contributed by atoms with E-state index in [1.165, 1.54) is 0 Å². The maximum atomic E-state index is 12.0. The van der Waals surface area contributed by atoms with Gasteiger partial charge in [-0.1, -0.05) is 11.8 Å². The predicted molar refractivity (Wildman–Crippen MR) is 56.5 cm³/mol. The van der Waals surface area contributed by atoms with Gasteiger partial charge in [-0.2, -0.15) is 8.78 Å². The van der Waals surface area contributed by atoms with Gasteiger partial charge < -0.3 is 10.1 Å². The summed E-state index contributed by atoms with van der Waals surface area (Å²) in [5.41, 5.74) is 0.946. The molecule has 0 aliphatic carbocycles. The van der Waals surface area contributed by atoms with Crippen molar-refractivity contribution in [2.75, 3.05) is 18.5 Å². The summed E-state index contributed by atoms with van der Waals surface area (Å²) in [4.78, 5) is 0.584. The van der Waals surface area contributed by atoms with Crippen molar-refractivity contribution in [1.82, 2.24) is 0 Å². The summed E-state index contributed by atoms with van der Waals surface area (Å²) in [5, 5.41) is 3.24. The van der Waals surface area contributed by atoms with E-state index in [0.29, 0.717) is 35.9 Å². The van der Waals surface area contributed by atoms with Gasteiger partial charge in [-0.25, -0.2) is 0 Å². The smallest absolute Gasteiger partial charge is 0.288 e. The number of benzene rings is 1. The molecule has 0 spiro atoms. The molecule has 0 atom stereocenters. The normalized spacial score (nSPS) is 16.5. The van der Waals surface area contributed by atoms with Crippen molar-refractivity contribution in [2.45, 2.75) is 16.7 Å². The highest BCUT2D eigenvalue weighted by Gasteiger charge is 2.17. The van der Waals surface area contributed by atoms with Gasteiger partial charge in [0.15, 0.2) is 0 Å². The average Bonchev–Trinajstić information content (AvgIpc) is 2.13. The van der Waals surface area contributed by atoms with Crippen molar-refractivity contribution in [3.63, 3.8) is 0 Å². The molecular weight excluding hydrogens is 220 g/mol. The number of hydrogen-bond acceptors (Lipinski definition) is 3. The lowest BCUT2D eigenvalue weighted by atomic mass is 10.2. The molecule has 2 rings (SSSR count). The summed E-state index contributed by atoms with van der Waals surface area (Å²) in [7, 11) is 0. The van der Waals surface area contributed by atoms with Crippen LogP contribution >= 0.6 is 11.8 Å². The largest absolute Gasteiger partial charge is 0.378 e. The zero-order valence-electron chi connectivity index (χ0n) is 7.95. The van der Waals surface area contributed by atoms with Crippen molar-refractivity contribution in [3.05, 3.63) is 24.3 Å². The molecule has 0 radical (unpaired) electrons. The van der Waals surface area contributed by atoms with E-state index in [1.54, 1.807) is 12.1 Å². The van der Waals surface area contributed by atoms with E-state index in [0.717, 1.165) is 5.69 Å². The molecule has 1 heterocycles. The number of nitrogens with one attached hydrogen (secondary N) is 1. The van der Waals surface area contributed by atoms with Crippen LogP contribution in [0.3, 0.4) is 0 Å². The minimum atomic E-state index is -2.36. The summed E-state index contributed by atoms with van der Waals surface area (Å²) in [5.74, 6) is -2.36. The van der Waals surface area contributed by atoms with Crippen molar-refractivity contribution in [3.8, 4) is 0 Å². The third kappa shape index (κ3) is 3.07. The molecule has 2 nitrogen and oxygen atoms in total. The number of anilines is 1. The molecule has 15 heavy (non-hydrogen) atoms. The topological polar surface area (TPSA) is 21.3 Å². The molecule has 1 aliphatic heterocycles. The molecule has 0 bridgehead atoms. The maximum Gasteiger partial charge on any atom is 0.288 e. The van der Waals surface area contributed by atoms with E-state index < -0.39 is 5.76 Å². The van der Waals surface area contributed by atoms with Crippen LogP contribution in [0.15, 0.2) is 29.2 Å². The van der Waals surface area contributed by atoms with Crippen LogP contribution < -0.4 is 5.32 Å². The minimum absolute atomic E-state index is 0.360. The number of alkyl halides is 2. The van der Waals surface area contributed by atoms with Crippen molar-refractivity contribution in [1.29, 1.82) is 0 Å². The second kappa shape index (κ2) is 4.81. The second-order valence-corrected chi connectivity index (χ2v) is 4.35. The number of rotatable bonds is 4. The zero-order chi connectivity index (χ0) is 10.7. The Bertz CT molecular complexity index is 314. The molecule has 5 heteroatoms. The van der Waals surface area contributed by atoms with Gasteiger partial charge in [-0.3, -0.25) is 0 Å². The quantitative estimate of drug-likeness (QED) is 0.805. The van der Waals surface area contributed by atoms with Crippen LogP contribution in [-0.4, -0.2) is 25.0 Å². The first-order chi connectivity index (χ1) is 7.24. The second-order valence-electron chi connectivity index (χ2n) is 3.28. The number of halogens is 2. The summed E-state index contributed by atoms with van der Waals surface area (Å²) in [6.07, 6.45) is 0. The van der Waals surface area contributed by atoms with Crippen LogP contribution in [0.4, 0.5) is 14.5 Å². The average molecular weight is 231 g/mol. The van der Waals surface area contributed by atoms with Gasteiger partial charge >= 0.3 is 0 Å². The zero-order valence-corrected chi connectivity index (χ0v) is 8.77. The van der Waals surface area contributed by atoms with Crippen molar-refractivity contribution >= 4 is 17.4 Å². The van der Waals surface area contributed by atoms with Crippen LogP contribution in [0.5, 0.6) is 0 Å². The maximum absolute atomic E-state index is 12.0. The number of thioether (sulfide) groups is 1. The summed E-state index contributed by atoms with van der Waals surface area (Å²) >= 11 is 0.560. The summed E-state index contributed by atoms with van der Waals surface area (Å²) < 4.78 is 29.1. The first-order valence-corrected chi connectivity index (χ1v) is 5.51. The number of hydrogen-bond donors (Lipinski definition) is 1. The Kier molecular flexibility index (Phi) is 3.43.